The summed E-state index contributed by atoms with van der Waals surface area (Å²) < 4.78 is 1.94. The molecule has 0 saturated heterocycles. The summed E-state index contributed by atoms with van der Waals surface area (Å²) in [4.78, 5) is 0. The van der Waals surface area contributed by atoms with Crippen molar-refractivity contribution in [2.75, 3.05) is 0 Å². The quantitative estimate of drug-likeness (QED) is 0.761. The zero-order valence-electron chi connectivity index (χ0n) is 13.6. The van der Waals surface area contributed by atoms with E-state index in [9.17, 15) is 10.2 Å². The van der Waals surface area contributed by atoms with Crippen molar-refractivity contribution < 1.29 is 10.2 Å². The zero-order chi connectivity index (χ0) is 16.7. The van der Waals surface area contributed by atoms with Gasteiger partial charge in [-0.05, 0) is 44.0 Å². The topological polar surface area (TPSA) is 58.3 Å². The van der Waals surface area contributed by atoms with Crippen LogP contribution in [-0.4, -0.2) is 26.1 Å². The summed E-state index contributed by atoms with van der Waals surface area (Å²) in [6, 6.07) is 15.5. The fourth-order valence-electron chi connectivity index (χ4n) is 3.34. The Morgan fingerprint density at radius 1 is 1.04 bits per heavy atom. The number of aromatic nitrogens is 2. The first-order valence-corrected chi connectivity index (χ1v) is 8.27. The predicted octanol–water partition coefficient (Wildman–Crippen LogP) is 3.40. The summed E-state index contributed by atoms with van der Waals surface area (Å²) in [5, 5.41) is 24.5. The summed E-state index contributed by atoms with van der Waals surface area (Å²) >= 11 is 0. The Bertz CT molecular complexity index is 864. The maximum Gasteiger partial charge on any atom is 0.115 e. The molecule has 1 unspecified atom stereocenters. The molecule has 0 spiro atoms. The third-order valence-electron chi connectivity index (χ3n) is 4.64. The Labute approximate surface area is 141 Å². The number of hydrogen-bond donors (Lipinski definition) is 2. The van der Waals surface area contributed by atoms with Gasteiger partial charge < -0.3 is 10.2 Å². The molecular weight excluding hydrogens is 300 g/mol. The Balaban J connectivity index is 1.92. The van der Waals surface area contributed by atoms with Gasteiger partial charge in [-0.3, -0.25) is 0 Å². The molecule has 1 aliphatic carbocycles. The Morgan fingerprint density at radius 3 is 2.46 bits per heavy atom. The minimum Gasteiger partial charge on any atom is -0.508 e. The maximum absolute atomic E-state index is 10.1. The first kappa shape index (κ1) is 15.0. The van der Waals surface area contributed by atoms with Crippen LogP contribution in [-0.2, 0) is 12.8 Å². The zero-order valence-corrected chi connectivity index (χ0v) is 13.6. The minimum absolute atomic E-state index is 0.239. The number of aliphatic hydroxyl groups is 1. The first-order chi connectivity index (χ1) is 11.6. The molecule has 2 N–H and O–H groups in total. The second-order valence-electron chi connectivity index (χ2n) is 6.46. The van der Waals surface area contributed by atoms with Crippen LogP contribution in [0.1, 0.15) is 23.2 Å². The lowest BCUT2D eigenvalue weighted by molar-refractivity contribution is 0.158. The monoisotopic (exact) mass is 320 g/mol. The summed E-state index contributed by atoms with van der Waals surface area (Å²) in [5.41, 5.74) is 6.44. The van der Waals surface area contributed by atoms with E-state index in [1.54, 1.807) is 12.1 Å². The lowest BCUT2D eigenvalue weighted by Crippen LogP contribution is -2.18. The van der Waals surface area contributed by atoms with Gasteiger partial charge in [0, 0.05) is 17.5 Å². The van der Waals surface area contributed by atoms with Gasteiger partial charge in [0.1, 0.15) is 5.75 Å². The number of fused-ring (bicyclic) bond motifs is 1. The lowest BCUT2D eigenvalue weighted by Gasteiger charge is -2.17. The van der Waals surface area contributed by atoms with Crippen LogP contribution in [0.2, 0.25) is 0 Å². The van der Waals surface area contributed by atoms with Crippen LogP contribution >= 0.6 is 0 Å². The molecule has 4 heteroatoms. The van der Waals surface area contributed by atoms with Gasteiger partial charge >= 0.3 is 0 Å². The summed E-state index contributed by atoms with van der Waals surface area (Å²) in [6.45, 7) is 2.07. The van der Waals surface area contributed by atoms with Crippen molar-refractivity contribution in [1.82, 2.24) is 9.78 Å². The highest BCUT2D eigenvalue weighted by Gasteiger charge is 2.26. The highest BCUT2D eigenvalue weighted by molar-refractivity contribution is 5.68. The molecule has 24 heavy (non-hydrogen) atoms. The van der Waals surface area contributed by atoms with Crippen molar-refractivity contribution in [3.63, 3.8) is 0 Å². The molecule has 1 heterocycles. The second-order valence-corrected chi connectivity index (χ2v) is 6.46. The molecule has 1 aliphatic rings. The molecule has 4 rings (SSSR count). The van der Waals surface area contributed by atoms with Crippen LogP contribution in [0.15, 0.2) is 48.5 Å². The number of phenols is 1. The third-order valence-corrected chi connectivity index (χ3v) is 4.64. The van der Waals surface area contributed by atoms with Crippen molar-refractivity contribution in [2.45, 2.75) is 32.3 Å². The average molecular weight is 320 g/mol. The van der Waals surface area contributed by atoms with Gasteiger partial charge in [0.15, 0.2) is 0 Å². The Hall–Kier alpha value is -2.59. The van der Waals surface area contributed by atoms with Crippen LogP contribution in [0.3, 0.4) is 0 Å². The van der Waals surface area contributed by atoms with Crippen LogP contribution in [0.4, 0.5) is 0 Å². The fraction of sp³-hybridized carbons (Fsp3) is 0.250. The number of benzene rings is 2. The van der Waals surface area contributed by atoms with Crippen LogP contribution in [0.5, 0.6) is 5.75 Å². The molecule has 0 bridgehead atoms. The largest absolute Gasteiger partial charge is 0.508 e. The molecular formula is C20H20N2O2. The maximum atomic E-state index is 10.1. The molecule has 122 valence electrons. The molecule has 2 aromatic carbocycles. The van der Waals surface area contributed by atoms with Crippen LogP contribution in [0, 0.1) is 6.92 Å². The van der Waals surface area contributed by atoms with E-state index in [0.29, 0.717) is 6.42 Å². The van der Waals surface area contributed by atoms with Crippen molar-refractivity contribution >= 4 is 0 Å². The number of hydrogen-bond acceptors (Lipinski definition) is 3. The summed E-state index contributed by atoms with van der Waals surface area (Å²) in [5.74, 6) is 0.239. The molecule has 1 atom stereocenters. The second kappa shape index (κ2) is 5.80. The lowest BCUT2D eigenvalue weighted by atomic mass is 9.91. The summed E-state index contributed by atoms with van der Waals surface area (Å²) in [7, 11) is 0. The van der Waals surface area contributed by atoms with E-state index >= 15 is 0 Å². The SMILES string of the molecule is Cc1ccc(-c2c3c(nn2-c2ccc(O)cc2)CCC(O)C3)cc1. The molecule has 3 aromatic rings. The predicted molar refractivity (Wildman–Crippen MR) is 93.4 cm³/mol. The van der Waals surface area contributed by atoms with Crippen molar-refractivity contribution in [2.24, 2.45) is 0 Å². The van der Waals surface area contributed by atoms with Gasteiger partial charge in [0.2, 0.25) is 0 Å². The van der Waals surface area contributed by atoms with Crippen molar-refractivity contribution in [3.05, 3.63) is 65.4 Å². The number of aromatic hydroxyl groups is 1. The third kappa shape index (κ3) is 2.59. The van der Waals surface area contributed by atoms with Crippen molar-refractivity contribution in [1.29, 1.82) is 0 Å². The van der Waals surface area contributed by atoms with E-state index in [1.165, 1.54) is 5.56 Å². The fourth-order valence-corrected chi connectivity index (χ4v) is 3.34. The van der Waals surface area contributed by atoms with Gasteiger partial charge in [-0.1, -0.05) is 29.8 Å². The molecule has 1 aromatic heterocycles. The highest BCUT2D eigenvalue weighted by atomic mass is 16.3. The van der Waals surface area contributed by atoms with Gasteiger partial charge in [-0.15, -0.1) is 0 Å². The minimum atomic E-state index is -0.306. The van der Waals surface area contributed by atoms with E-state index in [4.69, 9.17) is 5.10 Å². The van der Waals surface area contributed by atoms with Gasteiger partial charge in [0.25, 0.3) is 0 Å². The average Bonchev–Trinajstić information content (AvgIpc) is 2.95. The number of nitrogens with zero attached hydrogens (tertiary/aromatic N) is 2. The Kier molecular flexibility index (Phi) is 3.62. The van der Waals surface area contributed by atoms with E-state index in [0.717, 1.165) is 41.0 Å². The standard InChI is InChI=1S/C20H20N2O2/c1-13-2-4-14(5-3-13)20-18-12-17(24)10-11-19(18)21-22(20)15-6-8-16(23)9-7-15/h2-9,17,23-24H,10-12H2,1H3. The molecule has 0 fully saturated rings. The summed E-state index contributed by atoms with van der Waals surface area (Å²) in [6.07, 6.45) is 1.88. The molecule has 0 radical (unpaired) electrons. The van der Waals surface area contributed by atoms with E-state index in [1.807, 2.05) is 16.8 Å². The van der Waals surface area contributed by atoms with Gasteiger partial charge in [0.05, 0.1) is 23.2 Å². The Morgan fingerprint density at radius 2 is 1.75 bits per heavy atom. The first-order valence-electron chi connectivity index (χ1n) is 8.27. The number of rotatable bonds is 2. The smallest absolute Gasteiger partial charge is 0.115 e. The highest BCUT2D eigenvalue weighted by Crippen LogP contribution is 2.34. The van der Waals surface area contributed by atoms with Crippen LogP contribution in [0.25, 0.3) is 16.9 Å². The van der Waals surface area contributed by atoms with E-state index in [2.05, 4.69) is 31.2 Å². The van der Waals surface area contributed by atoms with Gasteiger partial charge in [-0.25, -0.2) is 4.68 Å². The molecule has 4 nitrogen and oxygen atoms in total. The molecule has 0 aliphatic heterocycles. The molecule has 0 saturated carbocycles. The number of phenolic OH excluding ortho intramolecular Hbond substituents is 1. The van der Waals surface area contributed by atoms with Crippen molar-refractivity contribution in [3.8, 4) is 22.7 Å². The normalized spacial score (nSPS) is 16.8. The number of aliphatic hydroxyl groups excluding tert-OH is 1. The van der Waals surface area contributed by atoms with E-state index < -0.39 is 0 Å². The van der Waals surface area contributed by atoms with Crippen LogP contribution < -0.4 is 0 Å². The molecule has 0 amide bonds. The van der Waals surface area contributed by atoms with Gasteiger partial charge in [-0.2, -0.15) is 5.10 Å². The van der Waals surface area contributed by atoms with E-state index in [-0.39, 0.29) is 11.9 Å². The number of aryl methyl sites for hydroxylation is 2.